The van der Waals surface area contributed by atoms with Crippen LogP contribution in [0.4, 0.5) is 0 Å². The summed E-state index contributed by atoms with van der Waals surface area (Å²) in [6.45, 7) is 3.14. The Balaban J connectivity index is 2.22. The van der Waals surface area contributed by atoms with Crippen molar-refractivity contribution in [2.75, 3.05) is 34.2 Å². The van der Waals surface area contributed by atoms with Crippen LogP contribution < -0.4 is 0 Å². The first-order valence-corrected chi connectivity index (χ1v) is 8.27. The van der Waals surface area contributed by atoms with Crippen molar-refractivity contribution in [1.82, 2.24) is 14.7 Å². The Morgan fingerprint density at radius 3 is 2.43 bits per heavy atom. The lowest BCUT2D eigenvalue weighted by Gasteiger charge is -2.37. The van der Waals surface area contributed by atoms with Crippen molar-refractivity contribution in [3.63, 3.8) is 0 Å². The van der Waals surface area contributed by atoms with Crippen LogP contribution in [0.5, 0.6) is 0 Å². The maximum atomic E-state index is 12.4. The number of carbonyl (C=O) groups is 2. The topological polar surface area (TPSA) is 43.9 Å². The number of nitrogens with zero attached hydrogens (tertiary/aromatic N) is 3. The Morgan fingerprint density at radius 2 is 1.87 bits per heavy atom. The van der Waals surface area contributed by atoms with Crippen molar-refractivity contribution in [3.8, 4) is 0 Å². The van der Waals surface area contributed by atoms with E-state index in [4.69, 9.17) is 0 Å². The van der Waals surface area contributed by atoms with Crippen LogP contribution in [0.1, 0.15) is 24.1 Å². The van der Waals surface area contributed by atoms with E-state index in [1.54, 1.807) is 18.1 Å². The van der Waals surface area contributed by atoms with Gasteiger partial charge in [-0.15, -0.1) is 0 Å². The Morgan fingerprint density at radius 1 is 1.26 bits per heavy atom. The molecule has 2 amide bonds. The fourth-order valence-corrected chi connectivity index (χ4v) is 3.07. The summed E-state index contributed by atoms with van der Waals surface area (Å²) < 4.78 is 0.821. The zero-order chi connectivity index (χ0) is 17.1. The molecule has 1 aliphatic rings. The number of hydrogen-bond donors (Lipinski definition) is 0. The molecule has 6 heteroatoms. The van der Waals surface area contributed by atoms with Gasteiger partial charge in [-0.3, -0.25) is 14.5 Å². The van der Waals surface area contributed by atoms with Gasteiger partial charge < -0.3 is 9.80 Å². The molecule has 0 bridgehead atoms. The highest BCUT2D eigenvalue weighted by Gasteiger charge is 2.31. The fraction of sp³-hybridized carbons (Fsp3) is 0.412. The smallest absolute Gasteiger partial charge is 0.244 e. The second-order valence-corrected chi connectivity index (χ2v) is 6.73. The van der Waals surface area contributed by atoms with Crippen LogP contribution in [0.25, 0.3) is 4.48 Å². The molecule has 0 N–H and O–H groups in total. The van der Waals surface area contributed by atoms with E-state index in [2.05, 4.69) is 20.8 Å². The van der Waals surface area contributed by atoms with Crippen molar-refractivity contribution in [1.29, 1.82) is 0 Å². The van der Waals surface area contributed by atoms with E-state index in [0.29, 0.717) is 0 Å². The van der Waals surface area contributed by atoms with E-state index in [1.165, 1.54) is 11.8 Å². The van der Waals surface area contributed by atoms with Crippen molar-refractivity contribution < 1.29 is 9.59 Å². The molecule has 2 rings (SSSR count). The zero-order valence-corrected chi connectivity index (χ0v) is 15.5. The van der Waals surface area contributed by atoms with Gasteiger partial charge in [0, 0.05) is 44.8 Å². The minimum Gasteiger partial charge on any atom is -0.343 e. The number of halogens is 1. The Hall–Kier alpha value is -1.66. The SMILES string of the molecule is CC(=O)N(C)C=C(Br)c1ccc([C@@H]2C(=O)N(C)CCN2C)cc1. The molecule has 1 aromatic rings. The average Bonchev–Trinajstić information content (AvgIpc) is 2.51. The van der Waals surface area contributed by atoms with E-state index in [1.807, 2.05) is 38.4 Å². The minimum absolute atomic E-state index is 0.0314. The predicted octanol–water partition coefficient (Wildman–Crippen LogP) is 2.30. The van der Waals surface area contributed by atoms with Crippen LogP contribution in [-0.2, 0) is 9.59 Å². The van der Waals surface area contributed by atoms with E-state index < -0.39 is 0 Å². The lowest BCUT2D eigenvalue weighted by atomic mass is 10.0. The zero-order valence-electron chi connectivity index (χ0n) is 13.9. The summed E-state index contributed by atoms with van der Waals surface area (Å²) in [5, 5.41) is 0. The monoisotopic (exact) mass is 379 g/mol. The van der Waals surface area contributed by atoms with Crippen molar-refractivity contribution in [2.45, 2.75) is 13.0 Å². The molecule has 5 nitrogen and oxygen atoms in total. The summed E-state index contributed by atoms with van der Waals surface area (Å²) in [5.74, 6) is 0.0912. The molecule has 0 aliphatic carbocycles. The van der Waals surface area contributed by atoms with Crippen LogP contribution in [0.2, 0.25) is 0 Å². The molecule has 0 spiro atoms. The molecule has 0 saturated carbocycles. The van der Waals surface area contributed by atoms with Crippen LogP contribution in [0.15, 0.2) is 30.5 Å². The van der Waals surface area contributed by atoms with E-state index in [-0.39, 0.29) is 17.9 Å². The largest absolute Gasteiger partial charge is 0.343 e. The summed E-state index contributed by atoms with van der Waals surface area (Å²) in [6, 6.07) is 7.62. The number of piperazine rings is 1. The first-order valence-electron chi connectivity index (χ1n) is 7.47. The van der Waals surface area contributed by atoms with E-state index in [0.717, 1.165) is 28.7 Å². The van der Waals surface area contributed by atoms with Gasteiger partial charge in [-0.2, -0.15) is 0 Å². The lowest BCUT2D eigenvalue weighted by molar-refractivity contribution is -0.139. The van der Waals surface area contributed by atoms with Crippen LogP contribution >= 0.6 is 15.9 Å². The summed E-state index contributed by atoms with van der Waals surface area (Å²) in [6.07, 6.45) is 1.74. The minimum atomic E-state index is -0.231. The van der Waals surface area contributed by atoms with Gasteiger partial charge in [-0.05, 0) is 34.1 Å². The first-order chi connectivity index (χ1) is 10.8. The Kier molecular flexibility index (Phi) is 5.59. The molecular weight excluding hydrogens is 358 g/mol. The molecule has 1 aromatic carbocycles. The number of benzene rings is 1. The molecule has 1 aliphatic heterocycles. The van der Waals surface area contributed by atoms with Crippen LogP contribution in [-0.4, -0.2) is 60.7 Å². The molecule has 1 saturated heterocycles. The number of amides is 2. The highest BCUT2D eigenvalue weighted by Crippen LogP contribution is 2.28. The fourth-order valence-electron chi connectivity index (χ4n) is 2.50. The van der Waals surface area contributed by atoms with Crippen molar-refractivity contribution >= 4 is 32.2 Å². The summed E-state index contributed by atoms with van der Waals surface area (Å²) >= 11 is 3.49. The Bertz CT molecular complexity index is 627. The molecule has 124 valence electrons. The van der Waals surface area contributed by atoms with Gasteiger partial charge in [-0.1, -0.05) is 24.3 Å². The number of rotatable bonds is 3. The maximum absolute atomic E-state index is 12.4. The first kappa shape index (κ1) is 17.7. The standard InChI is InChI=1S/C17H22BrN3O2/c1-12(22)21(4)11-15(18)13-5-7-14(8-6-13)16-17(23)20(3)10-9-19(16)2/h5-8,11,16H,9-10H2,1-4H3/t16-/m1/s1. The average molecular weight is 380 g/mol. The third-order valence-corrected chi connectivity index (χ3v) is 4.81. The molecular formula is C17H22BrN3O2. The third kappa shape index (κ3) is 4.00. The molecule has 0 aromatic heterocycles. The van der Waals surface area contributed by atoms with Gasteiger partial charge in [-0.25, -0.2) is 0 Å². The molecule has 0 unspecified atom stereocenters. The number of carbonyl (C=O) groups excluding carboxylic acids is 2. The van der Waals surface area contributed by atoms with E-state index >= 15 is 0 Å². The third-order valence-electron chi connectivity index (χ3n) is 4.14. The van der Waals surface area contributed by atoms with Gasteiger partial charge in [0.15, 0.2) is 0 Å². The normalized spacial score (nSPS) is 19.9. The highest BCUT2D eigenvalue weighted by atomic mass is 79.9. The Labute approximate surface area is 145 Å². The number of hydrogen-bond acceptors (Lipinski definition) is 3. The summed E-state index contributed by atoms with van der Waals surface area (Å²) in [7, 11) is 5.53. The van der Waals surface area contributed by atoms with Gasteiger partial charge in [0.25, 0.3) is 0 Å². The molecule has 0 radical (unpaired) electrons. The van der Waals surface area contributed by atoms with Crippen LogP contribution in [0, 0.1) is 0 Å². The molecule has 1 atom stereocenters. The number of likely N-dealkylation sites (N-methyl/N-ethyl adjacent to an activating group) is 2. The quantitative estimate of drug-likeness (QED) is 0.809. The second kappa shape index (κ2) is 7.27. The molecule has 1 heterocycles. The van der Waals surface area contributed by atoms with Gasteiger partial charge in [0.1, 0.15) is 6.04 Å². The molecule has 23 heavy (non-hydrogen) atoms. The summed E-state index contributed by atoms with van der Waals surface area (Å²) in [5.41, 5.74) is 1.94. The summed E-state index contributed by atoms with van der Waals surface area (Å²) in [4.78, 5) is 29.1. The maximum Gasteiger partial charge on any atom is 0.244 e. The van der Waals surface area contributed by atoms with E-state index in [9.17, 15) is 9.59 Å². The van der Waals surface area contributed by atoms with Gasteiger partial charge >= 0.3 is 0 Å². The lowest BCUT2D eigenvalue weighted by Crippen LogP contribution is -2.48. The van der Waals surface area contributed by atoms with Gasteiger partial charge in [0.2, 0.25) is 11.8 Å². The predicted molar refractivity (Wildman–Crippen MR) is 94.8 cm³/mol. The van der Waals surface area contributed by atoms with Crippen molar-refractivity contribution in [3.05, 3.63) is 41.6 Å². The van der Waals surface area contributed by atoms with Gasteiger partial charge in [0.05, 0.1) is 0 Å². The second-order valence-electron chi connectivity index (χ2n) is 5.87. The van der Waals surface area contributed by atoms with Crippen molar-refractivity contribution in [2.24, 2.45) is 0 Å². The highest BCUT2D eigenvalue weighted by molar-refractivity contribution is 9.15. The molecule has 1 fully saturated rings. The van der Waals surface area contributed by atoms with Crippen LogP contribution in [0.3, 0.4) is 0 Å².